The molecule has 35 nitrogen and oxygen atoms in total. The smallest absolute Gasteiger partial charge is 0.426 e. The van der Waals surface area contributed by atoms with Crippen molar-refractivity contribution in [2.45, 2.75) is 251 Å². The molecule has 1 aliphatic heterocycles. The Balaban J connectivity index is 1.22. The van der Waals surface area contributed by atoms with E-state index >= 15 is 0 Å². The van der Waals surface area contributed by atoms with Crippen molar-refractivity contribution in [3.63, 3.8) is 0 Å². The number of nitrogens with one attached hydrogen (secondary N) is 11. The Morgan fingerprint density at radius 2 is 1.32 bits per heavy atom. The van der Waals surface area contributed by atoms with Crippen LogP contribution in [-0.4, -0.2) is 230 Å². The lowest BCUT2D eigenvalue weighted by Crippen LogP contribution is -2.59. The monoisotopic (exact) mass is 1700 g/mol. The number of unbranched alkanes of at least 4 members (excludes halogenated alkanes) is 5. The molecule has 11 atom stereocenters. The molecule has 3 aromatic rings. The normalized spacial score (nSPS) is 15.3. The molecular formula is C79H122N14O21S3. The van der Waals surface area contributed by atoms with Crippen LogP contribution in [0.1, 0.15) is 203 Å². The predicted molar refractivity (Wildman–Crippen MR) is 441 cm³/mol. The van der Waals surface area contributed by atoms with Crippen LogP contribution >= 0.6 is 32.9 Å². The number of hydrogen-bond donors (Lipinski definition) is 16. The number of carbonyl (C=O) groups excluding carboxylic acids is 10. The van der Waals surface area contributed by atoms with Crippen molar-refractivity contribution in [1.29, 1.82) is 0 Å². The molecule has 0 radical (unpaired) electrons. The average molecular weight is 1700 g/mol. The molecule has 2 aromatic carbocycles. The lowest BCUT2D eigenvalue weighted by molar-refractivity contribution is -0.148. The third-order valence-electron chi connectivity index (χ3n) is 19.5. The molecule has 5 unspecified atom stereocenters. The van der Waals surface area contributed by atoms with Gasteiger partial charge in [0.25, 0.3) is 5.91 Å². The molecule has 652 valence electrons. The Kier molecular flexibility index (Phi) is 46.5. The first-order valence-electron chi connectivity index (χ1n) is 40.0. The summed E-state index contributed by atoms with van der Waals surface area (Å²) in [6, 6.07) is 3.84. The number of phenolic OH excluding ortho intramolecular Hbond substituents is 1. The summed E-state index contributed by atoms with van der Waals surface area (Å²) < 4.78 is 11.5. The summed E-state index contributed by atoms with van der Waals surface area (Å²) in [5.41, 5.74) is 6.61. The number of aliphatic carboxylic acids is 4. The van der Waals surface area contributed by atoms with Crippen LogP contribution in [0.2, 0.25) is 0 Å². The standard InChI is InChI=1S/C79H122N14O21S3/c1-10-12-13-14-19-36-113-47-93(75(107)69(49(5)11-2)89-74(106)63-21-16-18-35-92(63)9)62(48(3)4)31-32-65-86-61(46-115-65)73(105)84-56(40-53-26-28-57(94)29-27-53)39-50(6)70(102)90-91-79(112)114-37-38-116-117-45-52(8)82-71(103)60(43-68(100)101)87-72(104)59(42-67(98)99)85-64(95)41-54-22-24-55(25-23-54)44-81-77(110)80-34-17-15-20-51(7)83-78(111)88-58(76(108)109)30-33-66(96)97/h22-29,46,48-52,56,58-60,62-63,69,94H,10-21,30-45,47H2,1-9H3,(H,82,103)(H,84,105)(H,85,95)(H,87,104)(H,89,106)(H,90,102)(H,91,112)(H,96,97)(H,98,99)(H,100,101)(H,108,109)(H2,80,81,110)(H2,83,88,111)/t49?,50?,51-,52-,56-,58+,59?,60+,62-,63?,69?/m1/s1. The number of aromatic nitrogens is 1. The van der Waals surface area contributed by atoms with Crippen LogP contribution in [0.5, 0.6) is 5.75 Å². The maximum absolute atomic E-state index is 14.9. The molecule has 0 aliphatic carbocycles. The van der Waals surface area contributed by atoms with Gasteiger partial charge >= 0.3 is 42.0 Å². The van der Waals surface area contributed by atoms with E-state index in [0.29, 0.717) is 67.8 Å². The third-order valence-corrected chi connectivity index (χ3v) is 23.0. The summed E-state index contributed by atoms with van der Waals surface area (Å²) >= 11 is 1.31. The second-order valence-electron chi connectivity index (χ2n) is 29.9. The van der Waals surface area contributed by atoms with E-state index in [4.69, 9.17) is 19.6 Å². The summed E-state index contributed by atoms with van der Waals surface area (Å²) in [5, 5.41) is 73.4. The van der Waals surface area contributed by atoms with Crippen molar-refractivity contribution in [1.82, 2.24) is 73.5 Å². The van der Waals surface area contributed by atoms with E-state index in [2.05, 4.69) is 84.4 Å². The van der Waals surface area contributed by atoms with Crippen LogP contribution in [-0.2, 0) is 83.2 Å². The van der Waals surface area contributed by atoms with Crippen LogP contribution in [0.25, 0.3) is 0 Å². The first-order valence-corrected chi connectivity index (χ1v) is 43.4. The maximum atomic E-state index is 14.9. The molecule has 16 N–H and O–H groups in total. The molecule has 1 aromatic heterocycles. The molecule has 0 spiro atoms. The molecule has 1 aliphatic rings. The first-order chi connectivity index (χ1) is 55.7. The Hall–Kier alpha value is -9.53. The number of likely N-dealkylation sites (tertiary alicyclic amines) is 1. The van der Waals surface area contributed by atoms with E-state index in [0.717, 1.165) is 63.5 Å². The van der Waals surface area contributed by atoms with Crippen LogP contribution in [0.4, 0.5) is 14.4 Å². The minimum absolute atomic E-state index is 0.0182. The van der Waals surface area contributed by atoms with Gasteiger partial charge in [0.05, 0.1) is 30.3 Å². The number of thiazole rings is 1. The van der Waals surface area contributed by atoms with Gasteiger partial charge in [-0.2, -0.15) is 0 Å². The first kappa shape index (κ1) is 99.8. The van der Waals surface area contributed by atoms with E-state index < -0.39 is 133 Å². The second-order valence-corrected chi connectivity index (χ2v) is 33.4. The summed E-state index contributed by atoms with van der Waals surface area (Å²) in [5.74, 6) is -10.2. The largest absolute Gasteiger partial charge is 0.508 e. The quantitative estimate of drug-likeness (QED) is 0.0120. The number of carboxylic acids is 4. The number of phenols is 1. The predicted octanol–water partition coefficient (Wildman–Crippen LogP) is 6.74. The number of aryl methyl sites for hydroxylation is 1. The lowest BCUT2D eigenvalue weighted by atomic mass is 9.93. The zero-order valence-electron chi connectivity index (χ0n) is 68.5. The Morgan fingerprint density at radius 3 is 1.97 bits per heavy atom. The van der Waals surface area contributed by atoms with Gasteiger partial charge in [0.15, 0.2) is 0 Å². The second kappa shape index (κ2) is 54.5. The number of rotatable bonds is 55. The van der Waals surface area contributed by atoms with E-state index in [1.54, 1.807) is 67.4 Å². The van der Waals surface area contributed by atoms with Gasteiger partial charge in [0.1, 0.15) is 48.9 Å². The third kappa shape index (κ3) is 40.0. The zero-order valence-corrected chi connectivity index (χ0v) is 70.9. The number of aromatic hydroxyl groups is 1. The highest BCUT2D eigenvalue weighted by atomic mass is 33.1. The van der Waals surface area contributed by atoms with E-state index in [1.165, 1.54) is 45.1 Å². The lowest BCUT2D eigenvalue weighted by Gasteiger charge is -2.39. The van der Waals surface area contributed by atoms with Gasteiger partial charge in [0.2, 0.25) is 35.4 Å². The van der Waals surface area contributed by atoms with Gasteiger partial charge in [-0.15, -0.1) is 11.3 Å². The zero-order chi connectivity index (χ0) is 86.5. The van der Waals surface area contributed by atoms with E-state index in [-0.39, 0.29) is 110 Å². The molecule has 12 amide bonds. The number of piperidine rings is 1. The van der Waals surface area contributed by atoms with Crippen molar-refractivity contribution in [2.24, 2.45) is 17.8 Å². The fourth-order valence-corrected chi connectivity index (χ4v) is 15.6. The maximum Gasteiger partial charge on any atom is 0.426 e. The van der Waals surface area contributed by atoms with Gasteiger partial charge in [-0.05, 0) is 132 Å². The van der Waals surface area contributed by atoms with Crippen molar-refractivity contribution in [3.05, 3.63) is 81.3 Å². The topological polar surface area (TPSA) is 510 Å². The molecule has 2 heterocycles. The highest BCUT2D eigenvalue weighted by Crippen LogP contribution is 2.26. The number of carboxylic acid groups (broad SMARTS) is 4. The summed E-state index contributed by atoms with van der Waals surface area (Å²) in [4.78, 5) is 188. The number of ether oxygens (including phenoxy) is 2. The number of benzene rings is 2. The van der Waals surface area contributed by atoms with Crippen LogP contribution < -0.4 is 58.7 Å². The molecule has 0 saturated carbocycles. The minimum atomic E-state index is -1.72. The summed E-state index contributed by atoms with van der Waals surface area (Å²) in [6.45, 7) is 16.8. The van der Waals surface area contributed by atoms with Gasteiger partial charge in [-0.1, -0.05) is 138 Å². The SMILES string of the molecule is CCCCCCCOCN(C(=O)C(NC(=O)C1CCCCN1C)C(C)CC)[C@H](CCc1nc(C(=O)N[C@@H](Cc2ccc(O)cc2)CC(C)C(=O)NNC(=O)OCCSSC[C@@H](C)NC(=O)[C@H](CC(=O)O)NC(=O)C(CC(=O)O)NC(=O)Cc2ccc(CNC(=O)NCCCC[C@@H](C)NC(=O)N[C@@H](CCC(=O)O)C(=O)O)cc2)cs1)C(C)C. The summed E-state index contributed by atoms with van der Waals surface area (Å²) in [6.07, 6.45) is 7.67. The molecule has 4 rings (SSSR count). The van der Waals surface area contributed by atoms with Crippen molar-refractivity contribution in [3.8, 4) is 5.75 Å². The average Bonchev–Trinajstić information content (AvgIpc) is 1.45. The molecule has 0 bridgehead atoms. The molecular weight excluding hydrogens is 1580 g/mol. The molecule has 1 fully saturated rings. The Labute approximate surface area is 695 Å². The number of likely N-dealkylation sites (N-methyl/N-ethyl adjacent to an activating group) is 1. The van der Waals surface area contributed by atoms with Gasteiger partial charge in [0, 0.05) is 79.5 Å². The van der Waals surface area contributed by atoms with Crippen molar-refractivity contribution in [2.75, 3.05) is 51.6 Å². The van der Waals surface area contributed by atoms with Gasteiger partial charge in [-0.25, -0.2) is 29.6 Å². The Bertz CT molecular complexity index is 3670. The highest BCUT2D eigenvalue weighted by molar-refractivity contribution is 8.76. The van der Waals surface area contributed by atoms with Gasteiger partial charge in [-0.3, -0.25) is 58.3 Å². The minimum Gasteiger partial charge on any atom is -0.508 e. The molecule has 1 saturated heterocycles. The van der Waals surface area contributed by atoms with E-state index in [9.17, 15) is 87.5 Å². The molecule has 38 heteroatoms. The number of urea groups is 2. The fourth-order valence-electron chi connectivity index (χ4n) is 12.7. The van der Waals surface area contributed by atoms with Crippen molar-refractivity contribution < 1.29 is 102 Å². The Morgan fingerprint density at radius 1 is 0.650 bits per heavy atom. The van der Waals surface area contributed by atoms with E-state index in [1.807, 2.05) is 20.9 Å². The van der Waals surface area contributed by atoms with Crippen LogP contribution in [0.15, 0.2) is 53.9 Å². The number of amides is 12. The summed E-state index contributed by atoms with van der Waals surface area (Å²) in [7, 11) is 4.46. The highest BCUT2D eigenvalue weighted by Gasteiger charge is 2.38. The van der Waals surface area contributed by atoms with Crippen LogP contribution in [0, 0.1) is 17.8 Å². The number of hydrazine groups is 1. The number of carbonyl (C=O) groups is 14. The number of nitrogens with zero attached hydrogens (tertiary/aromatic N) is 3. The fraction of sp³-hybridized carbons (Fsp3) is 0.633. The van der Waals surface area contributed by atoms with Crippen molar-refractivity contribution >= 4 is 116 Å². The van der Waals surface area contributed by atoms with Crippen LogP contribution in [0.3, 0.4) is 0 Å². The number of hydrogen-bond acceptors (Lipinski definition) is 22. The van der Waals surface area contributed by atoms with Gasteiger partial charge < -0.3 is 87.8 Å². The molecule has 117 heavy (non-hydrogen) atoms.